The highest BCUT2D eigenvalue weighted by atomic mass is 35.5. The van der Waals surface area contributed by atoms with Crippen LogP contribution in [0.25, 0.3) is 11.0 Å². The van der Waals surface area contributed by atoms with Crippen molar-refractivity contribution in [2.75, 3.05) is 0 Å². The first-order valence-corrected chi connectivity index (χ1v) is 4.38. The number of imidazole rings is 1. The predicted molar refractivity (Wildman–Crippen MR) is 51.9 cm³/mol. The number of halogens is 2. The third-order valence-corrected chi connectivity index (χ3v) is 2.47. The van der Waals surface area contributed by atoms with Gasteiger partial charge < -0.3 is 5.11 Å². The van der Waals surface area contributed by atoms with Crippen molar-refractivity contribution >= 4 is 34.4 Å². The predicted octanol–water partition coefficient (Wildman–Crippen LogP) is 2.18. The van der Waals surface area contributed by atoms with Crippen LogP contribution in [-0.4, -0.2) is 14.2 Å². The van der Waals surface area contributed by atoms with Gasteiger partial charge in [-0.3, -0.25) is 0 Å². The molecule has 0 unspecified atom stereocenters. The van der Waals surface area contributed by atoms with E-state index in [0.717, 1.165) is 0 Å². The van der Waals surface area contributed by atoms with Gasteiger partial charge in [-0.1, -0.05) is 17.7 Å². The van der Waals surface area contributed by atoms with Crippen molar-refractivity contribution in [1.82, 2.24) is 9.07 Å². The zero-order chi connectivity index (χ0) is 9.42. The minimum atomic E-state index is -0.200. The molecule has 0 amide bonds. The normalized spacial score (nSPS) is 11.0. The van der Waals surface area contributed by atoms with E-state index in [-0.39, 0.29) is 6.61 Å². The fourth-order valence-electron chi connectivity index (χ4n) is 1.18. The molecule has 0 aliphatic heterocycles. The summed E-state index contributed by atoms with van der Waals surface area (Å²) >= 11 is 11.7. The molecule has 2 aromatic rings. The van der Waals surface area contributed by atoms with Gasteiger partial charge in [0, 0.05) is 11.8 Å². The number of benzene rings is 1. The van der Waals surface area contributed by atoms with Gasteiger partial charge in [0.2, 0.25) is 0 Å². The highest BCUT2D eigenvalue weighted by Gasteiger charge is 2.09. The fourth-order valence-corrected chi connectivity index (χ4v) is 1.62. The number of aromatic nitrogens is 2. The van der Waals surface area contributed by atoms with Crippen LogP contribution in [0.3, 0.4) is 0 Å². The zero-order valence-corrected chi connectivity index (χ0v) is 8.05. The Morgan fingerprint density at radius 2 is 2.23 bits per heavy atom. The minimum Gasteiger partial charge on any atom is -0.388 e. The molecule has 0 spiro atoms. The smallest absolute Gasteiger partial charge is 0.150 e. The maximum absolute atomic E-state index is 8.90. The molecule has 1 aromatic carbocycles. The van der Waals surface area contributed by atoms with Gasteiger partial charge in [0.05, 0.1) is 10.5 Å². The summed E-state index contributed by atoms with van der Waals surface area (Å²) in [6.45, 7) is -0.200. The molecule has 0 radical (unpaired) electrons. The first-order chi connectivity index (χ1) is 6.24. The molecule has 0 fully saturated rings. The lowest BCUT2D eigenvalue weighted by Crippen LogP contribution is -1.90. The third-order valence-electron chi connectivity index (χ3n) is 1.79. The van der Waals surface area contributed by atoms with E-state index in [9.17, 15) is 0 Å². The van der Waals surface area contributed by atoms with Crippen molar-refractivity contribution in [2.24, 2.45) is 0 Å². The molecule has 13 heavy (non-hydrogen) atoms. The molecule has 0 atom stereocenters. The summed E-state index contributed by atoms with van der Waals surface area (Å²) in [7, 11) is 0. The molecule has 1 N–H and O–H groups in total. The fraction of sp³-hybridized carbons (Fsp3) is 0.125. The van der Waals surface area contributed by atoms with E-state index < -0.39 is 0 Å². The topological polar surface area (TPSA) is 38.1 Å². The molecule has 2 rings (SSSR count). The molecule has 1 heterocycles. The van der Waals surface area contributed by atoms with Crippen LogP contribution >= 0.6 is 23.4 Å². The first-order valence-electron chi connectivity index (χ1n) is 3.67. The van der Waals surface area contributed by atoms with Crippen LogP contribution in [0.4, 0.5) is 0 Å². The van der Waals surface area contributed by atoms with Crippen LogP contribution in [0.2, 0.25) is 5.02 Å². The summed E-state index contributed by atoms with van der Waals surface area (Å²) in [5, 5.41) is 9.43. The molecule has 0 aliphatic carbocycles. The SMILES string of the molecule is OCc1nc2c(Cl)cccc2n1Cl. The van der Waals surface area contributed by atoms with E-state index in [1.165, 1.54) is 4.09 Å². The monoisotopic (exact) mass is 216 g/mol. The van der Waals surface area contributed by atoms with Gasteiger partial charge in [0.1, 0.15) is 12.1 Å². The Morgan fingerprint density at radius 1 is 1.46 bits per heavy atom. The van der Waals surface area contributed by atoms with Gasteiger partial charge in [0.15, 0.2) is 5.82 Å². The van der Waals surface area contributed by atoms with Crippen LogP contribution in [0.5, 0.6) is 0 Å². The van der Waals surface area contributed by atoms with Crippen LogP contribution < -0.4 is 0 Å². The Morgan fingerprint density at radius 3 is 2.85 bits per heavy atom. The van der Waals surface area contributed by atoms with Crippen LogP contribution in [0, 0.1) is 0 Å². The molecular weight excluding hydrogens is 211 g/mol. The van der Waals surface area contributed by atoms with E-state index in [2.05, 4.69) is 4.98 Å². The lowest BCUT2D eigenvalue weighted by atomic mass is 10.3. The Balaban J connectivity index is 2.83. The Kier molecular flexibility index (Phi) is 2.15. The zero-order valence-electron chi connectivity index (χ0n) is 6.54. The number of rotatable bonds is 1. The molecule has 0 saturated heterocycles. The summed E-state index contributed by atoms with van der Waals surface area (Å²) < 4.78 is 1.31. The molecule has 68 valence electrons. The van der Waals surface area contributed by atoms with Gasteiger partial charge in [-0.2, -0.15) is 0 Å². The number of hydrogen-bond acceptors (Lipinski definition) is 2. The maximum atomic E-state index is 8.90. The number of hydrogen-bond donors (Lipinski definition) is 1. The highest BCUT2D eigenvalue weighted by molar-refractivity contribution is 6.35. The van der Waals surface area contributed by atoms with E-state index >= 15 is 0 Å². The second-order valence-corrected chi connectivity index (χ2v) is 3.32. The van der Waals surface area contributed by atoms with Gasteiger partial charge in [-0.15, -0.1) is 0 Å². The molecular formula is C8H6Cl2N2O. The third kappa shape index (κ3) is 1.29. The minimum absolute atomic E-state index is 0.200. The van der Waals surface area contributed by atoms with Crippen molar-refractivity contribution in [3.8, 4) is 0 Å². The average molecular weight is 217 g/mol. The molecule has 5 heteroatoms. The lowest BCUT2D eigenvalue weighted by molar-refractivity contribution is 0.271. The Bertz CT molecular complexity index is 453. The largest absolute Gasteiger partial charge is 0.388 e. The average Bonchev–Trinajstić information content (AvgIpc) is 2.45. The Labute approximate surface area is 84.6 Å². The summed E-state index contributed by atoms with van der Waals surface area (Å²) in [6.07, 6.45) is 0. The van der Waals surface area contributed by atoms with Gasteiger partial charge >= 0.3 is 0 Å². The summed E-state index contributed by atoms with van der Waals surface area (Å²) in [5.41, 5.74) is 1.32. The maximum Gasteiger partial charge on any atom is 0.150 e. The van der Waals surface area contributed by atoms with Crippen LogP contribution in [0.1, 0.15) is 5.82 Å². The summed E-state index contributed by atoms with van der Waals surface area (Å²) in [4.78, 5) is 4.08. The standard InChI is InChI=1S/C8H6Cl2N2O/c9-5-2-1-3-6-8(5)11-7(4-13)12(6)10/h1-3,13H,4H2. The number of aliphatic hydroxyl groups is 1. The van der Waals surface area contributed by atoms with Crippen molar-refractivity contribution in [1.29, 1.82) is 0 Å². The quantitative estimate of drug-likeness (QED) is 0.794. The number of nitrogens with zero attached hydrogens (tertiary/aromatic N) is 2. The van der Waals surface area contributed by atoms with Crippen molar-refractivity contribution < 1.29 is 5.11 Å². The second-order valence-electron chi connectivity index (χ2n) is 2.57. The molecule has 0 aliphatic rings. The van der Waals surface area contributed by atoms with E-state index in [4.69, 9.17) is 28.5 Å². The van der Waals surface area contributed by atoms with E-state index in [1.807, 2.05) is 0 Å². The van der Waals surface area contributed by atoms with Crippen LogP contribution in [0.15, 0.2) is 18.2 Å². The molecule has 1 aromatic heterocycles. The number of fused-ring (bicyclic) bond motifs is 1. The van der Waals surface area contributed by atoms with Gasteiger partial charge in [-0.25, -0.2) is 9.07 Å². The Hall–Kier alpha value is -0.770. The van der Waals surface area contributed by atoms with Gasteiger partial charge in [0.25, 0.3) is 0 Å². The summed E-state index contributed by atoms with van der Waals surface area (Å²) in [5.74, 6) is 0.393. The molecule has 0 saturated carbocycles. The first kappa shape index (κ1) is 8.81. The lowest BCUT2D eigenvalue weighted by Gasteiger charge is -1.93. The summed E-state index contributed by atoms with van der Waals surface area (Å²) in [6, 6.07) is 5.31. The van der Waals surface area contributed by atoms with Crippen molar-refractivity contribution in [3.63, 3.8) is 0 Å². The number of aliphatic hydroxyl groups excluding tert-OH is 1. The van der Waals surface area contributed by atoms with E-state index in [1.54, 1.807) is 18.2 Å². The number of para-hydroxylation sites is 1. The van der Waals surface area contributed by atoms with E-state index in [0.29, 0.717) is 21.9 Å². The van der Waals surface area contributed by atoms with Gasteiger partial charge in [-0.05, 0) is 12.1 Å². The molecule has 0 bridgehead atoms. The molecule has 3 nitrogen and oxygen atoms in total. The van der Waals surface area contributed by atoms with Crippen LogP contribution in [-0.2, 0) is 6.61 Å². The highest BCUT2D eigenvalue weighted by Crippen LogP contribution is 2.24. The second kappa shape index (κ2) is 3.18. The van der Waals surface area contributed by atoms with Crippen molar-refractivity contribution in [2.45, 2.75) is 6.61 Å². The van der Waals surface area contributed by atoms with Crippen molar-refractivity contribution in [3.05, 3.63) is 29.0 Å².